The fourth-order valence-corrected chi connectivity index (χ4v) is 1.69. The van der Waals surface area contributed by atoms with Crippen LogP contribution in [0.3, 0.4) is 0 Å². The summed E-state index contributed by atoms with van der Waals surface area (Å²) in [5.74, 6) is 1.37. The lowest BCUT2D eigenvalue weighted by molar-refractivity contribution is 0.393. The maximum Gasteiger partial charge on any atom is 0.216 e. The van der Waals surface area contributed by atoms with Crippen LogP contribution < -0.4 is 10.1 Å². The lowest BCUT2D eigenvalue weighted by Gasteiger charge is -2.14. The first-order valence-electron chi connectivity index (χ1n) is 4.88. The molecule has 0 saturated heterocycles. The van der Waals surface area contributed by atoms with E-state index in [4.69, 9.17) is 4.74 Å². The maximum atomic E-state index is 5.07. The van der Waals surface area contributed by atoms with Crippen molar-refractivity contribution in [2.45, 2.75) is 18.9 Å². The molecular weight excluding hydrogens is 178 g/mol. The van der Waals surface area contributed by atoms with Gasteiger partial charge in [-0.25, -0.2) is 9.97 Å². The van der Waals surface area contributed by atoms with E-state index in [1.54, 1.807) is 13.4 Å². The van der Waals surface area contributed by atoms with Gasteiger partial charge in [-0.3, -0.25) is 0 Å². The molecule has 0 spiro atoms. The van der Waals surface area contributed by atoms with Gasteiger partial charge in [0.25, 0.3) is 0 Å². The van der Waals surface area contributed by atoms with Crippen LogP contribution in [-0.4, -0.2) is 24.1 Å². The average Bonchev–Trinajstić information content (AvgIpc) is 3.04. The number of hydrogen-bond donors (Lipinski definition) is 1. The fourth-order valence-electron chi connectivity index (χ4n) is 1.69. The lowest BCUT2D eigenvalue weighted by Crippen LogP contribution is -2.19. The third kappa shape index (κ3) is 1.85. The Morgan fingerprint density at radius 1 is 1.50 bits per heavy atom. The summed E-state index contributed by atoms with van der Waals surface area (Å²) in [6, 6.07) is 2.26. The Morgan fingerprint density at radius 2 is 2.29 bits per heavy atom. The SMILES string of the molecule is CNC(c1cc(OC)ncn1)C1CC1. The molecule has 1 saturated carbocycles. The first-order valence-corrected chi connectivity index (χ1v) is 4.88. The van der Waals surface area contributed by atoms with Crippen LogP contribution in [0, 0.1) is 5.92 Å². The molecule has 1 aromatic heterocycles. The summed E-state index contributed by atoms with van der Waals surface area (Å²) in [6.07, 6.45) is 4.14. The molecule has 1 aliphatic carbocycles. The maximum absolute atomic E-state index is 5.07. The molecule has 76 valence electrons. The molecule has 0 radical (unpaired) electrons. The molecule has 0 bridgehead atoms. The number of hydrogen-bond acceptors (Lipinski definition) is 4. The summed E-state index contributed by atoms with van der Waals surface area (Å²) in [6.45, 7) is 0. The minimum Gasteiger partial charge on any atom is -0.481 e. The van der Waals surface area contributed by atoms with Gasteiger partial charge in [-0.05, 0) is 25.8 Å². The van der Waals surface area contributed by atoms with Crippen molar-refractivity contribution in [2.75, 3.05) is 14.2 Å². The normalized spacial score (nSPS) is 17.9. The lowest BCUT2D eigenvalue weighted by atomic mass is 10.1. The van der Waals surface area contributed by atoms with E-state index in [1.807, 2.05) is 13.1 Å². The highest BCUT2D eigenvalue weighted by Crippen LogP contribution is 2.40. The molecule has 1 fully saturated rings. The second-order valence-electron chi connectivity index (χ2n) is 3.59. The van der Waals surface area contributed by atoms with Gasteiger partial charge in [-0.15, -0.1) is 0 Å². The van der Waals surface area contributed by atoms with Crippen LogP contribution in [-0.2, 0) is 0 Å². The van der Waals surface area contributed by atoms with Crippen LogP contribution in [0.1, 0.15) is 24.6 Å². The van der Waals surface area contributed by atoms with E-state index in [-0.39, 0.29) is 0 Å². The smallest absolute Gasteiger partial charge is 0.216 e. The summed E-state index contributed by atoms with van der Waals surface area (Å²) >= 11 is 0. The Morgan fingerprint density at radius 3 is 2.86 bits per heavy atom. The summed E-state index contributed by atoms with van der Waals surface area (Å²) in [4.78, 5) is 8.26. The van der Waals surface area contributed by atoms with E-state index in [1.165, 1.54) is 12.8 Å². The standard InChI is InChI=1S/C10H15N3O/c1-11-10(7-3-4-7)8-5-9(14-2)13-6-12-8/h5-7,10-11H,3-4H2,1-2H3. The Hall–Kier alpha value is -1.16. The third-order valence-electron chi connectivity index (χ3n) is 2.60. The van der Waals surface area contributed by atoms with Crippen molar-refractivity contribution in [2.24, 2.45) is 5.92 Å². The Labute approximate surface area is 83.7 Å². The van der Waals surface area contributed by atoms with Crippen LogP contribution in [0.25, 0.3) is 0 Å². The highest BCUT2D eigenvalue weighted by Gasteiger charge is 2.32. The van der Waals surface area contributed by atoms with Gasteiger partial charge in [0.1, 0.15) is 6.33 Å². The Kier molecular flexibility index (Phi) is 2.63. The topological polar surface area (TPSA) is 47.0 Å². The zero-order chi connectivity index (χ0) is 9.97. The first-order chi connectivity index (χ1) is 6.85. The molecule has 1 aliphatic rings. The van der Waals surface area contributed by atoms with E-state index >= 15 is 0 Å². The molecule has 1 N–H and O–H groups in total. The zero-order valence-electron chi connectivity index (χ0n) is 8.53. The van der Waals surface area contributed by atoms with Gasteiger partial charge in [0, 0.05) is 6.07 Å². The highest BCUT2D eigenvalue weighted by atomic mass is 16.5. The van der Waals surface area contributed by atoms with Gasteiger partial charge in [0.05, 0.1) is 18.8 Å². The van der Waals surface area contributed by atoms with E-state index in [9.17, 15) is 0 Å². The van der Waals surface area contributed by atoms with Gasteiger partial charge in [-0.2, -0.15) is 0 Å². The zero-order valence-corrected chi connectivity index (χ0v) is 8.53. The molecule has 14 heavy (non-hydrogen) atoms. The van der Waals surface area contributed by atoms with Crippen molar-refractivity contribution in [3.8, 4) is 5.88 Å². The van der Waals surface area contributed by atoms with Crippen LogP contribution >= 0.6 is 0 Å². The van der Waals surface area contributed by atoms with Crippen LogP contribution in [0.5, 0.6) is 5.88 Å². The average molecular weight is 193 g/mol. The predicted molar refractivity (Wildman–Crippen MR) is 53.1 cm³/mol. The molecule has 1 atom stereocenters. The van der Waals surface area contributed by atoms with Crippen LogP contribution in [0.4, 0.5) is 0 Å². The molecular formula is C10H15N3O. The minimum absolute atomic E-state index is 0.354. The molecule has 1 heterocycles. The Balaban J connectivity index is 2.20. The molecule has 4 nitrogen and oxygen atoms in total. The summed E-state index contributed by atoms with van der Waals surface area (Å²) in [5.41, 5.74) is 1.03. The Bertz CT molecular complexity index is 312. The van der Waals surface area contributed by atoms with Gasteiger partial charge in [0.15, 0.2) is 0 Å². The van der Waals surface area contributed by atoms with Gasteiger partial charge in [0.2, 0.25) is 5.88 Å². The van der Waals surface area contributed by atoms with Gasteiger partial charge in [-0.1, -0.05) is 0 Å². The van der Waals surface area contributed by atoms with Crippen molar-refractivity contribution >= 4 is 0 Å². The summed E-state index contributed by atoms with van der Waals surface area (Å²) in [5, 5.41) is 3.29. The molecule has 1 unspecified atom stereocenters. The minimum atomic E-state index is 0.354. The van der Waals surface area contributed by atoms with Crippen LogP contribution in [0.2, 0.25) is 0 Å². The molecule has 1 aromatic rings. The van der Waals surface area contributed by atoms with Crippen molar-refractivity contribution in [3.63, 3.8) is 0 Å². The second kappa shape index (κ2) is 3.92. The molecule has 0 aliphatic heterocycles. The third-order valence-corrected chi connectivity index (χ3v) is 2.60. The predicted octanol–water partition coefficient (Wildman–Crippen LogP) is 1.16. The van der Waals surface area contributed by atoms with Gasteiger partial charge < -0.3 is 10.1 Å². The highest BCUT2D eigenvalue weighted by molar-refractivity contribution is 5.18. The number of rotatable bonds is 4. The summed E-state index contributed by atoms with van der Waals surface area (Å²) < 4.78 is 5.07. The number of methoxy groups -OCH3 is 1. The second-order valence-corrected chi connectivity index (χ2v) is 3.59. The van der Waals surface area contributed by atoms with Crippen LogP contribution in [0.15, 0.2) is 12.4 Å². The monoisotopic (exact) mass is 193 g/mol. The number of ether oxygens (including phenoxy) is 1. The summed E-state index contributed by atoms with van der Waals surface area (Å²) in [7, 11) is 3.59. The molecule has 4 heteroatoms. The molecule has 0 amide bonds. The number of aromatic nitrogens is 2. The quantitative estimate of drug-likeness (QED) is 0.779. The van der Waals surface area contributed by atoms with E-state index in [0.717, 1.165) is 11.6 Å². The fraction of sp³-hybridized carbons (Fsp3) is 0.600. The van der Waals surface area contributed by atoms with Crippen molar-refractivity contribution in [3.05, 3.63) is 18.1 Å². The van der Waals surface area contributed by atoms with Crippen molar-refractivity contribution < 1.29 is 4.74 Å². The van der Waals surface area contributed by atoms with E-state index < -0.39 is 0 Å². The van der Waals surface area contributed by atoms with Crippen molar-refractivity contribution in [1.29, 1.82) is 0 Å². The number of nitrogens with zero attached hydrogens (tertiary/aromatic N) is 2. The van der Waals surface area contributed by atoms with Gasteiger partial charge >= 0.3 is 0 Å². The van der Waals surface area contributed by atoms with E-state index in [0.29, 0.717) is 11.9 Å². The largest absolute Gasteiger partial charge is 0.481 e. The molecule has 0 aromatic carbocycles. The number of nitrogens with one attached hydrogen (secondary N) is 1. The van der Waals surface area contributed by atoms with E-state index in [2.05, 4.69) is 15.3 Å². The first kappa shape index (κ1) is 9.40. The van der Waals surface area contributed by atoms with Crippen molar-refractivity contribution in [1.82, 2.24) is 15.3 Å². The molecule has 2 rings (SSSR count).